The van der Waals surface area contributed by atoms with Gasteiger partial charge < -0.3 is 5.73 Å². The third-order valence-electron chi connectivity index (χ3n) is 3.53. The summed E-state index contributed by atoms with van der Waals surface area (Å²) in [7, 11) is 0. The SMILES string of the molecule is CCn1nc(C)cc1CC(CN)Cc1cccc(Cl)c1. The van der Waals surface area contributed by atoms with Crippen LogP contribution in [0.3, 0.4) is 0 Å². The van der Waals surface area contributed by atoms with E-state index in [1.54, 1.807) is 0 Å². The first-order valence-electron chi connectivity index (χ1n) is 7.10. The lowest BCUT2D eigenvalue weighted by atomic mass is 9.94. The van der Waals surface area contributed by atoms with Crippen LogP contribution in [-0.2, 0) is 19.4 Å². The van der Waals surface area contributed by atoms with Crippen molar-refractivity contribution in [1.29, 1.82) is 0 Å². The predicted molar refractivity (Wildman–Crippen MR) is 84.0 cm³/mol. The molecule has 0 bridgehead atoms. The van der Waals surface area contributed by atoms with E-state index in [0.717, 1.165) is 30.1 Å². The molecule has 0 amide bonds. The molecule has 108 valence electrons. The maximum Gasteiger partial charge on any atom is 0.0596 e. The predicted octanol–water partition coefficient (Wildman–Crippen LogP) is 3.22. The summed E-state index contributed by atoms with van der Waals surface area (Å²) in [5.74, 6) is 0.412. The Morgan fingerprint density at radius 2 is 2.10 bits per heavy atom. The van der Waals surface area contributed by atoms with Crippen molar-refractivity contribution in [3.05, 3.63) is 52.3 Å². The number of benzene rings is 1. The van der Waals surface area contributed by atoms with E-state index in [0.29, 0.717) is 12.5 Å². The fraction of sp³-hybridized carbons (Fsp3) is 0.438. The summed E-state index contributed by atoms with van der Waals surface area (Å²) in [4.78, 5) is 0. The van der Waals surface area contributed by atoms with Crippen molar-refractivity contribution in [2.75, 3.05) is 6.54 Å². The van der Waals surface area contributed by atoms with Gasteiger partial charge in [0.15, 0.2) is 0 Å². The zero-order chi connectivity index (χ0) is 14.5. The van der Waals surface area contributed by atoms with Gasteiger partial charge in [0.1, 0.15) is 0 Å². The van der Waals surface area contributed by atoms with Crippen LogP contribution in [0.2, 0.25) is 5.02 Å². The Labute approximate surface area is 125 Å². The molecule has 1 aromatic heterocycles. The van der Waals surface area contributed by atoms with Gasteiger partial charge in [-0.05, 0) is 62.9 Å². The fourth-order valence-corrected chi connectivity index (χ4v) is 2.78. The van der Waals surface area contributed by atoms with Crippen LogP contribution in [0, 0.1) is 12.8 Å². The highest BCUT2D eigenvalue weighted by Crippen LogP contribution is 2.18. The molecule has 1 unspecified atom stereocenters. The standard InChI is InChI=1S/C16H22ClN3/c1-3-20-16(7-12(2)19-20)10-14(11-18)8-13-5-4-6-15(17)9-13/h4-7,9,14H,3,8,10-11,18H2,1-2H3. The normalized spacial score (nSPS) is 12.6. The highest BCUT2D eigenvalue weighted by atomic mass is 35.5. The molecule has 3 nitrogen and oxygen atoms in total. The maximum absolute atomic E-state index is 6.04. The van der Waals surface area contributed by atoms with Gasteiger partial charge in [-0.3, -0.25) is 4.68 Å². The molecule has 2 rings (SSSR count). The van der Waals surface area contributed by atoms with Gasteiger partial charge in [0.2, 0.25) is 0 Å². The van der Waals surface area contributed by atoms with E-state index in [-0.39, 0.29) is 0 Å². The molecule has 1 heterocycles. The highest BCUT2D eigenvalue weighted by Gasteiger charge is 2.13. The molecule has 4 heteroatoms. The molecule has 20 heavy (non-hydrogen) atoms. The minimum absolute atomic E-state index is 0.412. The van der Waals surface area contributed by atoms with Crippen LogP contribution in [0.25, 0.3) is 0 Å². The Bertz CT molecular complexity index is 563. The molecule has 0 radical (unpaired) electrons. The summed E-state index contributed by atoms with van der Waals surface area (Å²) in [6.07, 6.45) is 1.91. The van der Waals surface area contributed by atoms with E-state index >= 15 is 0 Å². The van der Waals surface area contributed by atoms with Crippen LogP contribution in [0.4, 0.5) is 0 Å². The second-order valence-electron chi connectivity index (χ2n) is 5.23. The van der Waals surface area contributed by atoms with Crippen molar-refractivity contribution in [3.63, 3.8) is 0 Å². The Morgan fingerprint density at radius 1 is 1.30 bits per heavy atom. The molecule has 1 aromatic carbocycles. The molecule has 2 N–H and O–H groups in total. The average molecular weight is 292 g/mol. The molecular weight excluding hydrogens is 270 g/mol. The van der Waals surface area contributed by atoms with Crippen molar-refractivity contribution in [2.45, 2.75) is 33.2 Å². The van der Waals surface area contributed by atoms with Crippen molar-refractivity contribution in [2.24, 2.45) is 11.7 Å². The quantitative estimate of drug-likeness (QED) is 0.888. The van der Waals surface area contributed by atoms with Gasteiger partial charge in [-0.15, -0.1) is 0 Å². The molecule has 0 fully saturated rings. The van der Waals surface area contributed by atoms with E-state index in [9.17, 15) is 0 Å². The molecule has 0 saturated carbocycles. The van der Waals surface area contributed by atoms with Crippen molar-refractivity contribution in [3.8, 4) is 0 Å². The summed E-state index contributed by atoms with van der Waals surface area (Å²) in [5, 5.41) is 5.28. The number of rotatable bonds is 6. The molecule has 0 aliphatic carbocycles. The Kier molecular flexibility index (Phi) is 5.21. The minimum atomic E-state index is 0.412. The minimum Gasteiger partial charge on any atom is -0.330 e. The largest absolute Gasteiger partial charge is 0.330 e. The van der Waals surface area contributed by atoms with Gasteiger partial charge >= 0.3 is 0 Å². The first kappa shape index (κ1) is 15.1. The number of aryl methyl sites for hydroxylation is 2. The van der Waals surface area contributed by atoms with Gasteiger partial charge in [0, 0.05) is 17.3 Å². The molecule has 0 saturated heterocycles. The Morgan fingerprint density at radius 3 is 2.75 bits per heavy atom. The summed E-state index contributed by atoms with van der Waals surface area (Å²) in [6.45, 7) is 5.71. The number of nitrogens with zero attached hydrogens (tertiary/aromatic N) is 2. The van der Waals surface area contributed by atoms with E-state index in [1.807, 2.05) is 25.1 Å². The second kappa shape index (κ2) is 6.91. The van der Waals surface area contributed by atoms with Crippen LogP contribution < -0.4 is 5.73 Å². The number of hydrogen-bond donors (Lipinski definition) is 1. The molecule has 0 spiro atoms. The highest BCUT2D eigenvalue weighted by molar-refractivity contribution is 6.30. The lowest BCUT2D eigenvalue weighted by molar-refractivity contribution is 0.499. The monoisotopic (exact) mass is 291 g/mol. The van der Waals surface area contributed by atoms with E-state index < -0.39 is 0 Å². The Balaban J connectivity index is 2.08. The van der Waals surface area contributed by atoms with Gasteiger partial charge in [-0.25, -0.2) is 0 Å². The molecular formula is C16H22ClN3. The van der Waals surface area contributed by atoms with E-state index in [4.69, 9.17) is 17.3 Å². The smallest absolute Gasteiger partial charge is 0.0596 e. The zero-order valence-corrected chi connectivity index (χ0v) is 12.9. The van der Waals surface area contributed by atoms with Crippen molar-refractivity contribution >= 4 is 11.6 Å². The molecule has 0 aliphatic heterocycles. The topological polar surface area (TPSA) is 43.8 Å². The molecule has 2 aromatic rings. The van der Waals surface area contributed by atoms with E-state index in [2.05, 4.69) is 28.8 Å². The van der Waals surface area contributed by atoms with Gasteiger partial charge in [0.05, 0.1) is 5.69 Å². The first-order chi connectivity index (χ1) is 9.62. The third-order valence-corrected chi connectivity index (χ3v) is 3.76. The molecule has 1 atom stereocenters. The van der Waals surface area contributed by atoms with Crippen LogP contribution in [0.5, 0.6) is 0 Å². The average Bonchev–Trinajstić information content (AvgIpc) is 2.78. The molecule has 0 aliphatic rings. The summed E-state index contributed by atoms with van der Waals surface area (Å²) < 4.78 is 2.07. The van der Waals surface area contributed by atoms with Crippen molar-refractivity contribution < 1.29 is 0 Å². The second-order valence-corrected chi connectivity index (χ2v) is 5.67. The van der Waals surface area contributed by atoms with Gasteiger partial charge in [0.25, 0.3) is 0 Å². The maximum atomic E-state index is 6.04. The van der Waals surface area contributed by atoms with Crippen LogP contribution in [0.1, 0.15) is 23.9 Å². The summed E-state index contributed by atoms with van der Waals surface area (Å²) >= 11 is 6.04. The summed E-state index contributed by atoms with van der Waals surface area (Å²) in [6, 6.07) is 10.2. The van der Waals surface area contributed by atoms with Crippen molar-refractivity contribution in [1.82, 2.24) is 9.78 Å². The number of nitrogens with two attached hydrogens (primary N) is 1. The van der Waals surface area contributed by atoms with Gasteiger partial charge in [-0.1, -0.05) is 23.7 Å². The first-order valence-corrected chi connectivity index (χ1v) is 7.48. The summed E-state index contributed by atoms with van der Waals surface area (Å²) in [5.41, 5.74) is 9.52. The number of aromatic nitrogens is 2. The Hall–Kier alpha value is -1.32. The number of halogens is 1. The van der Waals surface area contributed by atoms with Gasteiger partial charge in [-0.2, -0.15) is 5.10 Å². The van der Waals surface area contributed by atoms with Crippen LogP contribution in [0.15, 0.2) is 30.3 Å². The third kappa shape index (κ3) is 3.84. The van der Waals surface area contributed by atoms with E-state index in [1.165, 1.54) is 11.3 Å². The van der Waals surface area contributed by atoms with Crippen LogP contribution in [-0.4, -0.2) is 16.3 Å². The number of hydrogen-bond acceptors (Lipinski definition) is 2. The lowest BCUT2D eigenvalue weighted by Gasteiger charge is -2.15. The lowest BCUT2D eigenvalue weighted by Crippen LogP contribution is -2.21. The zero-order valence-electron chi connectivity index (χ0n) is 12.1. The fourth-order valence-electron chi connectivity index (χ4n) is 2.57. The van der Waals surface area contributed by atoms with Crippen LogP contribution >= 0.6 is 11.6 Å².